The number of halogens is 1. The standard InChI is InChI=1S/C18H23FN4O2/c1-25-17(14-2-4-15(19)5-3-14)12-20-18(24)23-10-7-13(8-11-23)16-6-9-21-22-16/h2-6,9,13,17H,7-8,10-12H2,1H3,(H,20,24)(H,21,22). The van der Waals surface area contributed by atoms with Gasteiger partial charge >= 0.3 is 6.03 Å². The highest BCUT2D eigenvalue weighted by Crippen LogP contribution is 2.26. The van der Waals surface area contributed by atoms with E-state index in [1.807, 2.05) is 11.0 Å². The van der Waals surface area contributed by atoms with Crippen LogP contribution in [-0.2, 0) is 4.74 Å². The topological polar surface area (TPSA) is 70.2 Å². The smallest absolute Gasteiger partial charge is 0.317 e. The number of piperidine rings is 1. The van der Waals surface area contributed by atoms with Crippen LogP contribution in [0.25, 0.3) is 0 Å². The van der Waals surface area contributed by atoms with Gasteiger partial charge in [0, 0.05) is 44.6 Å². The van der Waals surface area contributed by atoms with Gasteiger partial charge < -0.3 is 15.0 Å². The number of hydrogen-bond acceptors (Lipinski definition) is 3. The zero-order valence-corrected chi connectivity index (χ0v) is 14.2. The summed E-state index contributed by atoms with van der Waals surface area (Å²) in [6.45, 7) is 1.77. The molecule has 2 amide bonds. The number of benzene rings is 1. The van der Waals surface area contributed by atoms with Gasteiger partial charge in [0.05, 0.1) is 6.10 Å². The molecule has 0 aliphatic carbocycles. The largest absolute Gasteiger partial charge is 0.375 e. The number of carbonyl (C=O) groups excluding carboxylic acids is 1. The maximum Gasteiger partial charge on any atom is 0.317 e. The lowest BCUT2D eigenvalue weighted by Crippen LogP contribution is -2.45. The molecule has 0 saturated carbocycles. The summed E-state index contributed by atoms with van der Waals surface area (Å²) >= 11 is 0. The normalized spacial score (nSPS) is 16.6. The van der Waals surface area contributed by atoms with Crippen molar-refractivity contribution >= 4 is 6.03 Å². The van der Waals surface area contributed by atoms with Crippen molar-refractivity contribution in [3.63, 3.8) is 0 Å². The van der Waals surface area contributed by atoms with Gasteiger partial charge in [-0.25, -0.2) is 9.18 Å². The van der Waals surface area contributed by atoms with Gasteiger partial charge in [-0.15, -0.1) is 0 Å². The summed E-state index contributed by atoms with van der Waals surface area (Å²) in [4.78, 5) is 14.2. The van der Waals surface area contributed by atoms with Crippen molar-refractivity contribution in [1.82, 2.24) is 20.4 Å². The number of H-pyrrole nitrogens is 1. The maximum absolute atomic E-state index is 13.0. The second kappa shape index (κ2) is 8.11. The predicted molar refractivity (Wildman–Crippen MR) is 91.7 cm³/mol. The van der Waals surface area contributed by atoms with Crippen molar-refractivity contribution in [3.05, 3.63) is 53.6 Å². The van der Waals surface area contributed by atoms with Crippen LogP contribution in [0.3, 0.4) is 0 Å². The van der Waals surface area contributed by atoms with Crippen molar-refractivity contribution in [1.29, 1.82) is 0 Å². The number of ether oxygens (including phenoxy) is 1. The minimum absolute atomic E-state index is 0.0905. The van der Waals surface area contributed by atoms with Crippen LogP contribution in [0.4, 0.5) is 9.18 Å². The Morgan fingerprint density at radius 3 is 2.68 bits per heavy atom. The molecule has 1 unspecified atom stereocenters. The van der Waals surface area contributed by atoms with Crippen LogP contribution < -0.4 is 5.32 Å². The first-order valence-electron chi connectivity index (χ1n) is 8.47. The number of rotatable bonds is 5. The van der Waals surface area contributed by atoms with Gasteiger partial charge in [0.2, 0.25) is 0 Å². The van der Waals surface area contributed by atoms with Crippen molar-refractivity contribution in [3.8, 4) is 0 Å². The molecule has 7 heteroatoms. The Bertz CT molecular complexity index is 667. The number of likely N-dealkylation sites (tertiary alicyclic amines) is 1. The molecule has 2 N–H and O–H groups in total. The molecule has 2 aromatic rings. The van der Waals surface area contributed by atoms with Gasteiger partial charge in [0.1, 0.15) is 5.82 Å². The van der Waals surface area contributed by atoms with Crippen LogP contribution in [0, 0.1) is 5.82 Å². The van der Waals surface area contributed by atoms with Crippen LogP contribution in [0.1, 0.15) is 36.1 Å². The van der Waals surface area contributed by atoms with E-state index < -0.39 is 0 Å². The number of amides is 2. The van der Waals surface area contributed by atoms with E-state index >= 15 is 0 Å². The van der Waals surface area contributed by atoms with Crippen LogP contribution in [-0.4, -0.2) is 47.9 Å². The zero-order valence-electron chi connectivity index (χ0n) is 14.2. The summed E-state index contributed by atoms with van der Waals surface area (Å²) in [6, 6.07) is 8.03. The predicted octanol–water partition coefficient (Wildman–Crippen LogP) is 2.83. The van der Waals surface area contributed by atoms with Crippen LogP contribution in [0.5, 0.6) is 0 Å². The van der Waals surface area contributed by atoms with Crippen LogP contribution >= 0.6 is 0 Å². The third-order valence-corrected chi connectivity index (χ3v) is 4.71. The highest BCUT2D eigenvalue weighted by molar-refractivity contribution is 5.74. The Balaban J connectivity index is 1.48. The molecule has 1 saturated heterocycles. The Hall–Kier alpha value is -2.41. The van der Waals surface area contributed by atoms with E-state index in [0.29, 0.717) is 25.6 Å². The molecule has 0 bridgehead atoms. The first-order chi connectivity index (χ1) is 12.2. The number of aromatic nitrogens is 2. The zero-order chi connectivity index (χ0) is 17.6. The molecule has 1 fully saturated rings. The second-order valence-corrected chi connectivity index (χ2v) is 6.24. The third kappa shape index (κ3) is 4.36. The molecule has 1 aliphatic heterocycles. The summed E-state index contributed by atoms with van der Waals surface area (Å²) in [5.41, 5.74) is 1.97. The van der Waals surface area contributed by atoms with E-state index in [0.717, 1.165) is 24.1 Å². The number of methoxy groups -OCH3 is 1. The number of carbonyl (C=O) groups is 1. The minimum atomic E-state index is -0.299. The fourth-order valence-electron chi connectivity index (χ4n) is 3.19. The molecular weight excluding hydrogens is 323 g/mol. The van der Waals surface area contributed by atoms with Crippen molar-refractivity contribution in [2.45, 2.75) is 24.9 Å². The maximum atomic E-state index is 13.0. The fraction of sp³-hybridized carbons (Fsp3) is 0.444. The van der Waals surface area contributed by atoms with Gasteiger partial charge in [0.25, 0.3) is 0 Å². The summed E-state index contributed by atoms with van der Waals surface area (Å²) in [5, 5.41) is 9.91. The fourth-order valence-corrected chi connectivity index (χ4v) is 3.19. The van der Waals surface area contributed by atoms with E-state index in [4.69, 9.17) is 4.74 Å². The van der Waals surface area contributed by atoms with Gasteiger partial charge in [-0.05, 0) is 36.6 Å². The summed E-state index contributed by atoms with van der Waals surface area (Å²) in [7, 11) is 1.58. The molecule has 25 heavy (non-hydrogen) atoms. The Morgan fingerprint density at radius 1 is 1.36 bits per heavy atom. The lowest BCUT2D eigenvalue weighted by Gasteiger charge is -2.32. The number of aromatic amines is 1. The SMILES string of the molecule is COC(CNC(=O)N1CCC(c2ccn[nH]2)CC1)c1ccc(F)cc1. The highest BCUT2D eigenvalue weighted by Gasteiger charge is 2.25. The van der Waals surface area contributed by atoms with E-state index in [9.17, 15) is 9.18 Å². The minimum Gasteiger partial charge on any atom is -0.375 e. The highest BCUT2D eigenvalue weighted by atomic mass is 19.1. The molecule has 1 aromatic carbocycles. The molecule has 3 rings (SSSR count). The molecule has 6 nitrogen and oxygen atoms in total. The van der Waals surface area contributed by atoms with Gasteiger partial charge in [-0.2, -0.15) is 5.10 Å². The van der Waals surface area contributed by atoms with E-state index in [1.165, 1.54) is 12.1 Å². The second-order valence-electron chi connectivity index (χ2n) is 6.24. The average Bonchev–Trinajstić information content (AvgIpc) is 3.18. The molecule has 2 heterocycles. The first kappa shape index (κ1) is 17.4. The Morgan fingerprint density at radius 2 is 2.08 bits per heavy atom. The summed E-state index contributed by atoms with van der Waals surface area (Å²) in [5.74, 6) is 0.139. The van der Waals surface area contributed by atoms with E-state index in [2.05, 4.69) is 15.5 Å². The molecule has 1 atom stereocenters. The lowest BCUT2D eigenvalue weighted by molar-refractivity contribution is 0.100. The van der Waals surface area contributed by atoms with Gasteiger partial charge in [0.15, 0.2) is 0 Å². The number of nitrogens with one attached hydrogen (secondary N) is 2. The molecular formula is C18H23FN4O2. The first-order valence-corrected chi connectivity index (χ1v) is 8.47. The third-order valence-electron chi connectivity index (χ3n) is 4.71. The molecule has 1 aromatic heterocycles. The Labute approximate surface area is 146 Å². The monoisotopic (exact) mass is 346 g/mol. The quantitative estimate of drug-likeness (QED) is 0.875. The number of urea groups is 1. The average molecular weight is 346 g/mol. The molecule has 1 aliphatic rings. The van der Waals surface area contributed by atoms with Crippen LogP contribution in [0.15, 0.2) is 36.5 Å². The van der Waals surface area contributed by atoms with E-state index in [1.54, 1.807) is 25.4 Å². The number of hydrogen-bond donors (Lipinski definition) is 2. The van der Waals surface area contributed by atoms with Crippen molar-refractivity contribution in [2.75, 3.05) is 26.7 Å². The molecule has 134 valence electrons. The lowest BCUT2D eigenvalue weighted by atomic mass is 9.94. The molecule has 0 radical (unpaired) electrons. The van der Waals surface area contributed by atoms with Crippen LogP contribution in [0.2, 0.25) is 0 Å². The van der Waals surface area contributed by atoms with Crippen molar-refractivity contribution < 1.29 is 13.9 Å². The molecule has 0 spiro atoms. The van der Waals surface area contributed by atoms with Gasteiger partial charge in [-0.1, -0.05) is 12.1 Å². The summed E-state index contributed by atoms with van der Waals surface area (Å²) in [6.07, 6.45) is 3.30. The van der Waals surface area contributed by atoms with Crippen molar-refractivity contribution in [2.24, 2.45) is 0 Å². The van der Waals surface area contributed by atoms with E-state index in [-0.39, 0.29) is 18.0 Å². The van der Waals surface area contributed by atoms with Gasteiger partial charge in [-0.3, -0.25) is 5.10 Å². The number of nitrogens with zero attached hydrogens (tertiary/aromatic N) is 2. The summed E-state index contributed by atoms with van der Waals surface area (Å²) < 4.78 is 18.4. The Kier molecular flexibility index (Phi) is 5.65.